The number of nitrogens with one attached hydrogen (secondary N) is 2. The molecule has 2 atom stereocenters. The second-order valence-electron chi connectivity index (χ2n) is 5.45. The summed E-state index contributed by atoms with van der Waals surface area (Å²) < 4.78 is 0. The van der Waals surface area contributed by atoms with Crippen LogP contribution in [0.1, 0.15) is 41.0 Å². The van der Waals surface area contributed by atoms with Gasteiger partial charge in [-0.3, -0.25) is 9.59 Å². The molecule has 0 fully saturated rings. The first-order chi connectivity index (χ1) is 8.65. The number of hydrogen-bond donors (Lipinski definition) is 3. The maximum atomic E-state index is 12.0. The smallest absolute Gasteiger partial charge is 0.326 e. The highest BCUT2D eigenvalue weighted by molar-refractivity contribution is 5.90. The van der Waals surface area contributed by atoms with E-state index in [0.29, 0.717) is 6.42 Å². The lowest BCUT2D eigenvalue weighted by Crippen LogP contribution is -2.53. The van der Waals surface area contributed by atoms with E-state index in [1.54, 1.807) is 13.8 Å². The minimum Gasteiger partial charge on any atom is -0.480 e. The lowest BCUT2D eigenvalue weighted by Gasteiger charge is -2.24. The number of carboxylic acid groups (broad SMARTS) is 1. The molecule has 0 heterocycles. The molecule has 6 heteroatoms. The zero-order valence-corrected chi connectivity index (χ0v) is 12.2. The molecule has 0 aromatic carbocycles. The van der Waals surface area contributed by atoms with Crippen LogP contribution in [0, 0.1) is 11.8 Å². The van der Waals surface area contributed by atoms with Gasteiger partial charge in [0.2, 0.25) is 11.8 Å². The Morgan fingerprint density at radius 3 is 1.89 bits per heavy atom. The van der Waals surface area contributed by atoms with Crippen LogP contribution >= 0.6 is 0 Å². The molecule has 0 saturated heterocycles. The Morgan fingerprint density at radius 1 is 1.05 bits per heavy atom. The summed E-state index contributed by atoms with van der Waals surface area (Å²) in [5, 5.41) is 14.1. The molecule has 0 aliphatic heterocycles. The maximum Gasteiger partial charge on any atom is 0.326 e. The van der Waals surface area contributed by atoms with Crippen molar-refractivity contribution in [3.05, 3.63) is 0 Å². The van der Waals surface area contributed by atoms with Gasteiger partial charge in [0.05, 0.1) is 0 Å². The van der Waals surface area contributed by atoms with Crippen molar-refractivity contribution in [3.8, 4) is 0 Å². The van der Waals surface area contributed by atoms with Gasteiger partial charge in [0.25, 0.3) is 0 Å². The fourth-order valence-electron chi connectivity index (χ4n) is 1.71. The van der Waals surface area contributed by atoms with Crippen molar-refractivity contribution in [2.45, 2.75) is 53.1 Å². The molecule has 0 bridgehead atoms. The first-order valence-electron chi connectivity index (χ1n) is 6.45. The molecule has 3 N–H and O–H groups in total. The van der Waals surface area contributed by atoms with E-state index < -0.39 is 24.0 Å². The summed E-state index contributed by atoms with van der Waals surface area (Å²) in [6.45, 7) is 8.67. The van der Waals surface area contributed by atoms with Crippen LogP contribution in [0.2, 0.25) is 0 Å². The first-order valence-corrected chi connectivity index (χ1v) is 6.45. The van der Waals surface area contributed by atoms with Gasteiger partial charge in [-0.15, -0.1) is 0 Å². The van der Waals surface area contributed by atoms with Crippen molar-refractivity contribution in [2.75, 3.05) is 0 Å². The lowest BCUT2D eigenvalue weighted by atomic mass is 10.8. The number of hydrogen-bond acceptors (Lipinski definition) is 3. The van der Waals surface area contributed by atoms with Crippen molar-refractivity contribution in [2.24, 2.45) is 11.8 Å². The average molecular weight is 284 g/mol. The number of amides is 2. The molecule has 0 aromatic rings. The zero-order chi connectivity index (χ0) is 15.2. The topological polar surface area (TPSA) is 95.5 Å². The van der Waals surface area contributed by atoms with Gasteiger partial charge in [-0.1, -0.05) is 27.7 Å². The number of carbonyl (C=O) groups is 3. The van der Waals surface area contributed by atoms with Gasteiger partial charge >= 0.3 is 5.97 Å². The molecular formula is C13H24N2O4. The Labute approximate surface area is 113 Å². The molecule has 0 radical (unpaired) electrons. The Kier molecular flexibility index (Phi) is 7.11. The highest BCUT2D eigenvalue weighted by Gasteiger charge is 2.28. The Morgan fingerprint density at radius 2 is 1.58 bits per heavy atom. The van der Waals surface area contributed by atoms with Crippen LogP contribution in [0.15, 0.2) is 0 Å². The minimum atomic E-state index is -1.06. The fraction of sp³-hybridized carbons (Fsp3) is 0.769. The molecule has 19 heavy (non-hydrogen) atoms. The van der Waals surface area contributed by atoms with E-state index in [4.69, 9.17) is 5.11 Å². The Hall–Kier alpha value is -1.59. The molecular weight excluding hydrogens is 260 g/mol. The molecule has 0 rings (SSSR count). The number of carbonyl (C=O) groups excluding carboxylic acids is 2. The van der Waals surface area contributed by atoms with E-state index in [1.165, 1.54) is 6.92 Å². The maximum absolute atomic E-state index is 12.0. The van der Waals surface area contributed by atoms with Gasteiger partial charge in [0.15, 0.2) is 0 Å². The third-order valence-electron chi connectivity index (χ3n) is 2.63. The van der Waals surface area contributed by atoms with Crippen molar-refractivity contribution in [1.82, 2.24) is 10.6 Å². The van der Waals surface area contributed by atoms with E-state index in [0.717, 1.165) is 0 Å². The van der Waals surface area contributed by atoms with Crippen molar-refractivity contribution in [3.63, 3.8) is 0 Å². The van der Waals surface area contributed by atoms with Gasteiger partial charge in [-0.25, -0.2) is 4.79 Å². The molecule has 0 saturated carbocycles. The van der Waals surface area contributed by atoms with E-state index >= 15 is 0 Å². The van der Waals surface area contributed by atoms with Gasteiger partial charge in [-0.2, -0.15) is 0 Å². The molecule has 0 unspecified atom stereocenters. The standard InChI is InChI=1S/C13H24N2O4/c1-7(2)6-10(13(18)19)15-12(17)11(8(3)4)14-9(5)16/h7-8,10-11H,6H2,1-5H3,(H,14,16)(H,15,17)(H,18,19)/t10-,11-/m0/s1/i1+1,2+1,3+1,4+1,6+1,7+1,8+1,10+1,11+1,12+1,13+1,14+1. The summed E-state index contributed by atoms with van der Waals surface area (Å²) in [6.07, 6.45) is 0.353. The van der Waals surface area contributed by atoms with Crippen molar-refractivity contribution in [1.29, 1.82) is 0 Å². The molecule has 0 aromatic heterocycles. The Bertz CT molecular complexity index is 340. The third kappa shape index (κ3) is 6.79. The zero-order valence-electron chi connectivity index (χ0n) is 12.2. The number of aliphatic carboxylic acids is 1. The van der Waals surface area contributed by atoms with E-state index in [1.807, 2.05) is 13.8 Å². The van der Waals surface area contributed by atoms with Gasteiger partial charge in [0.1, 0.15) is 12.1 Å². The summed E-state index contributed by atoms with van der Waals surface area (Å²) >= 11 is 0. The van der Waals surface area contributed by atoms with Gasteiger partial charge < -0.3 is 15.7 Å². The monoisotopic (exact) mass is 284 g/mol. The summed E-state index contributed by atoms with van der Waals surface area (Å²) in [6, 6.07) is -1.64. The van der Waals surface area contributed by atoms with E-state index in [9.17, 15) is 14.4 Å². The summed E-state index contributed by atoms with van der Waals surface area (Å²) in [5.74, 6) is -1.80. The summed E-state index contributed by atoms with van der Waals surface area (Å²) in [7, 11) is 0. The van der Waals surface area contributed by atoms with E-state index in [-0.39, 0.29) is 17.7 Å². The van der Waals surface area contributed by atoms with Crippen molar-refractivity contribution >= 4 is 17.8 Å². The van der Waals surface area contributed by atoms with Crippen LogP contribution in [0.25, 0.3) is 0 Å². The van der Waals surface area contributed by atoms with Crippen LogP contribution in [0.4, 0.5) is 0 Å². The highest BCUT2D eigenvalue weighted by atomic mass is 16.5. The van der Waals surface area contributed by atoms with Crippen molar-refractivity contribution < 1.29 is 19.5 Å². The predicted octanol–water partition coefficient (Wildman–Crippen LogP) is 0.763. The third-order valence-corrected chi connectivity index (χ3v) is 2.63. The largest absolute Gasteiger partial charge is 0.480 e. The molecule has 6 nitrogen and oxygen atoms in total. The number of carboxylic acids is 1. The molecule has 0 aliphatic rings. The fourth-order valence-corrected chi connectivity index (χ4v) is 1.71. The SMILES string of the molecule is CC(=O)[15NH][13C@H]([13C](=O)N[13C@@H]([13CH2][13CH]([13CH3])[13CH3])[13C](=O)O)[13CH]([13CH3])[13CH3]. The second kappa shape index (κ2) is 7.76. The van der Waals surface area contributed by atoms with Gasteiger partial charge in [0, 0.05) is 6.92 Å². The average Bonchev–Trinajstić information content (AvgIpc) is 2.23. The van der Waals surface area contributed by atoms with Crippen LogP contribution < -0.4 is 10.6 Å². The molecule has 0 spiro atoms. The molecule has 0 aliphatic carbocycles. The van der Waals surface area contributed by atoms with Crippen LogP contribution in [0.3, 0.4) is 0 Å². The first kappa shape index (κ1) is 17.4. The lowest BCUT2D eigenvalue weighted by molar-refractivity contribution is -0.142. The molecule has 2 amide bonds. The van der Waals surface area contributed by atoms with Crippen LogP contribution in [-0.2, 0) is 14.4 Å². The van der Waals surface area contributed by atoms with Gasteiger partial charge in [-0.05, 0) is 18.3 Å². The normalized spacial score (nSPS) is 14.1. The quantitative estimate of drug-likeness (QED) is 0.475. The van der Waals surface area contributed by atoms with Crippen LogP contribution in [-0.4, -0.2) is 35.0 Å². The van der Waals surface area contributed by atoms with E-state index in [2.05, 4.69) is 10.6 Å². The Balaban J connectivity index is 4.75. The van der Waals surface area contributed by atoms with Crippen LogP contribution in [0.5, 0.6) is 0 Å². The highest BCUT2D eigenvalue weighted by Crippen LogP contribution is 2.07. The predicted molar refractivity (Wildman–Crippen MR) is 71.5 cm³/mol. The summed E-state index contributed by atoms with van der Waals surface area (Å²) in [4.78, 5) is 34.2. The number of rotatable bonds is 7. The summed E-state index contributed by atoms with van der Waals surface area (Å²) in [5.41, 5.74) is 0. The molecule has 110 valence electrons. The minimum absolute atomic E-state index is 0.114. The second-order valence-corrected chi connectivity index (χ2v) is 5.45.